The van der Waals surface area contributed by atoms with Gasteiger partial charge >= 0.3 is 0 Å². The van der Waals surface area contributed by atoms with E-state index in [0.29, 0.717) is 0 Å². The molecular formula is C18H27NO2. The topological polar surface area (TPSA) is 44.5 Å². The summed E-state index contributed by atoms with van der Waals surface area (Å²) >= 11 is 0. The van der Waals surface area contributed by atoms with Crippen molar-refractivity contribution in [2.45, 2.75) is 45.1 Å². The van der Waals surface area contributed by atoms with Gasteiger partial charge < -0.3 is 15.2 Å². The van der Waals surface area contributed by atoms with Crippen LogP contribution in [0.3, 0.4) is 0 Å². The maximum Gasteiger partial charge on any atom is 0.126 e. The Bertz CT molecular complexity index is 486. The number of rotatable bonds is 6. The number of methoxy groups -OCH3 is 1. The molecule has 2 N–H and O–H groups in total. The van der Waals surface area contributed by atoms with Crippen LogP contribution < -0.4 is 15.2 Å². The highest BCUT2D eigenvalue weighted by atomic mass is 16.5. The predicted molar refractivity (Wildman–Crippen MR) is 84.8 cm³/mol. The molecule has 116 valence electrons. The van der Waals surface area contributed by atoms with E-state index in [1.54, 1.807) is 7.11 Å². The third-order valence-corrected chi connectivity index (χ3v) is 5.15. The molecule has 4 unspecified atom stereocenters. The first-order valence-corrected chi connectivity index (χ1v) is 8.21. The summed E-state index contributed by atoms with van der Waals surface area (Å²) in [7, 11) is 1.69. The number of nitrogens with two attached hydrogens (primary N) is 1. The van der Waals surface area contributed by atoms with E-state index < -0.39 is 0 Å². The van der Waals surface area contributed by atoms with Gasteiger partial charge in [-0.15, -0.1) is 0 Å². The maximum atomic E-state index is 6.18. The molecule has 3 nitrogen and oxygen atoms in total. The fraction of sp³-hybridized carbons (Fsp3) is 0.667. The van der Waals surface area contributed by atoms with Crippen molar-refractivity contribution in [3.63, 3.8) is 0 Å². The monoisotopic (exact) mass is 289 g/mol. The van der Waals surface area contributed by atoms with Crippen LogP contribution in [0.2, 0.25) is 0 Å². The molecule has 2 fully saturated rings. The molecule has 1 aromatic carbocycles. The minimum Gasteiger partial charge on any atom is -0.497 e. The summed E-state index contributed by atoms with van der Waals surface area (Å²) in [6.07, 6.45) is 6.48. The fourth-order valence-electron chi connectivity index (χ4n) is 4.09. The largest absolute Gasteiger partial charge is 0.497 e. The molecule has 0 radical (unpaired) electrons. The van der Waals surface area contributed by atoms with Crippen molar-refractivity contribution in [1.29, 1.82) is 0 Å². The molecule has 0 saturated heterocycles. The summed E-state index contributed by atoms with van der Waals surface area (Å²) in [4.78, 5) is 0. The maximum absolute atomic E-state index is 6.18. The Hall–Kier alpha value is -1.22. The van der Waals surface area contributed by atoms with Crippen molar-refractivity contribution < 1.29 is 9.47 Å². The zero-order valence-corrected chi connectivity index (χ0v) is 13.2. The van der Waals surface area contributed by atoms with Gasteiger partial charge in [0, 0.05) is 12.1 Å². The number of benzene rings is 1. The van der Waals surface area contributed by atoms with Gasteiger partial charge in [-0.05, 0) is 62.0 Å². The lowest BCUT2D eigenvalue weighted by Crippen LogP contribution is -2.21. The SMILES string of the molecule is COc1ccc(CC(C)N)c(OCC2CC3CCC2C3)c1. The van der Waals surface area contributed by atoms with E-state index >= 15 is 0 Å². The van der Waals surface area contributed by atoms with Gasteiger partial charge in [-0.3, -0.25) is 0 Å². The molecule has 0 aromatic heterocycles. The number of hydrogen-bond acceptors (Lipinski definition) is 3. The number of ether oxygens (including phenoxy) is 2. The lowest BCUT2D eigenvalue weighted by molar-refractivity contribution is 0.193. The summed E-state index contributed by atoms with van der Waals surface area (Å²) in [5.74, 6) is 4.42. The predicted octanol–water partition coefficient (Wildman–Crippen LogP) is 3.40. The first-order chi connectivity index (χ1) is 10.2. The number of hydrogen-bond donors (Lipinski definition) is 1. The summed E-state index contributed by atoms with van der Waals surface area (Å²) in [5, 5.41) is 0. The van der Waals surface area contributed by atoms with Crippen LogP contribution >= 0.6 is 0 Å². The highest BCUT2D eigenvalue weighted by molar-refractivity contribution is 5.41. The van der Waals surface area contributed by atoms with Gasteiger partial charge in [-0.2, -0.15) is 0 Å². The minimum atomic E-state index is 0.142. The molecule has 3 rings (SSSR count). The molecule has 0 spiro atoms. The highest BCUT2D eigenvalue weighted by Crippen LogP contribution is 2.48. The molecule has 0 heterocycles. The van der Waals surface area contributed by atoms with Gasteiger partial charge in [-0.1, -0.05) is 12.5 Å². The second-order valence-corrected chi connectivity index (χ2v) is 6.90. The van der Waals surface area contributed by atoms with Crippen LogP contribution in [0.1, 0.15) is 38.2 Å². The quantitative estimate of drug-likeness (QED) is 0.873. The second kappa shape index (κ2) is 6.27. The van der Waals surface area contributed by atoms with E-state index in [-0.39, 0.29) is 6.04 Å². The Morgan fingerprint density at radius 2 is 2.14 bits per heavy atom. The Morgan fingerprint density at radius 1 is 1.29 bits per heavy atom. The van der Waals surface area contributed by atoms with Crippen molar-refractivity contribution >= 4 is 0 Å². The molecular weight excluding hydrogens is 262 g/mol. The van der Waals surface area contributed by atoms with Crippen LogP contribution in [-0.4, -0.2) is 19.8 Å². The van der Waals surface area contributed by atoms with Gasteiger partial charge in [0.1, 0.15) is 11.5 Å². The van der Waals surface area contributed by atoms with Crippen LogP contribution in [0.4, 0.5) is 0 Å². The Labute approximate surface area is 127 Å². The van der Waals surface area contributed by atoms with E-state index in [0.717, 1.165) is 42.3 Å². The van der Waals surface area contributed by atoms with Crippen LogP contribution in [0.5, 0.6) is 11.5 Å². The zero-order chi connectivity index (χ0) is 14.8. The third kappa shape index (κ3) is 3.34. The van der Waals surface area contributed by atoms with Gasteiger partial charge in [0.25, 0.3) is 0 Å². The average Bonchev–Trinajstić information content (AvgIpc) is 3.08. The molecule has 2 aliphatic carbocycles. The van der Waals surface area contributed by atoms with E-state index in [2.05, 4.69) is 6.07 Å². The molecule has 2 bridgehead atoms. The van der Waals surface area contributed by atoms with Crippen molar-refractivity contribution in [3.05, 3.63) is 23.8 Å². The first kappa shape index (κ1) is 14.7. The van der Waals surface area contributed by atoms with E-state index in [4.69, 9.17) is 15.2 Å². The van der Waals surface area contributed by atoms with E-state index in [9.17, 15) is 0 Å². The lowest BCUT2D eigenvalue weighted by atomic mass is 9.89. The Balaban J connectivity index is 1.67. The van der Waals surface area contributed by atoms with Crippen LogP contribution in [0.15, 0.2) is 18.2 Å². The molecule has 3 heteroatoms. The molecule has 21 heavy (non-hydrogen) atoms. The summed E-state index contributed by atoms with van der Waals surface area (Å²) in [6.45, 7) is 2.88. The smallest absolute Gasteiger partial charge is 0.126 e. The summed E-state index contributed by atoms with van der Waals surface area (Å²) < 4.78 is 11.5. The van der Waals surface area contributed by atoms with Crippen molar-refractivity contribution in [1.82, 2.24) is 0 Å². The van der Waals surface area contributed by atoms with E-state index in [1.165, 1.54) is 31.2 Å². The summed E-state index contributed by atoms with van der Waals surface area (Å²) in [5.41, 5.74) is 7.13. The summed E-state index contributed by atoms with van der Waals surface area (Å²) in [6, 6.07) is 6.22. The van der Waals surface area contributed by atoms with Gasteiger partial charge in [-0.25, -0.2) is 0 Å². The molecule has 0 amide bonds. The first-order valence-electron chi connectivity index (χ1n) is 8.21. The molecule has 0 aliphatic heterocycles. The van der Waals surface area contributed by atoms with Crippen molar-refractivity contribution in [2.24, 2.45) is 23.5 Å². The van der Waals surface area contributed by atoms with Crippen LogP contribution in [0.25, 0.3) is 0 Å². The average molecular weight is 289 g/mol. The zero-order valence-electron chi connectivity index (χ0n) is 13.2. The number of fused-ring (bicyclic) bond motifs is 2. The normalized spacial score (nSPS) is 28.6. The van der Waals surface area contributed by atoms with Crippen molar-refractivity contribution in [3.8, 4) is 11.5 Å². The second-order valence-electron chi connectivity index (χ2n) is 6.90. The van der Waals surface area contributed by atoms with Crippen molar-refractivity contribution in [2.75, 3.05) is 13.7 Å². The molecule has 1 aromatic rings. The van der Waals surface area contributed by atoms with E-state index in [1.807, 2.05) is 19.1 Å². The van der Waals surface area contributed by atoms with Crippen LogP contribution in [-0.2, 0) is 6.42 Å². The van der Waals surface area contributed by atoms with Gasteiger partial charge in [0.2, 0.25) is 0 Å². The van der Waals surface area contributed by atoms with Gasteiger partial charge in [0.15, 0.2) is 0 Å². The Kier molecular flexibility index (Phi) is 4.39. The Morgan fingerprint density at radius 3 is 2.76 bits per heavy atom. The lowest BCUT2D eigenvalue weighted by Gasteiger charge is -2.23. The minimum absolute atomic E-state index is 0.142. The molecule has 2 aliphatic rings. The molecule has 2 saturated carbocycles. The third-order valence-electron chi connectivity index (χ3n) is 5.15. The van der Waals surface area contributed by atoms with Crippen LogP contribution in [0, 0.1) is 17.8 Å². The fourth-order valence-corrected chi connectivity index (χ4v) is 4.09. The molecule has 4 atom stereocenters. The highest BCUT2D eigenvalue weighted by Gasteiger charge is 2.39. The van der Waals surface area contributed by atoms with Gasteiger partial charge in [0.05, 0.1) is 13.7 Å². The standard InChI is InChI=1S/C18H27NO2/c1-12(19)7-15-5-6-17(20-2)10-18(15)21-11-16-9-13-3-4-14(16)8-13/h5-6,10,12-14,16H,3-4,7-9,11,19H2,1-2H3.